The van der Waals surface area contributed by atoms with Gasteiger partial charge in [-0.2, -0.15) is 17.5 Å². The Morgan fingerprint density at radius 2 is 1.55 bits per heavy atom. The highest BCUT2D eigenvalue weighted by Gasteiger charge is 2.31. The number of piperidine rings is 1. The van der Waals surface area contributed by atoms with E-state index in [1.807, 2.05) is 17.0 Å². The number of piperazine rings is 1. The van der Waals surface area contributed by atoms with Gasteiger partial charge in [-0.25, -0.2) is 8.42 Å². The Morgan fingerprint density at radius 3 is 2.12 bits per heavy atom. The van der Waals surface area contributed by atoms with Gasteiger partial charge in [0.05, 0.1) is 11.3 Å². The van der Waals surface area contributed by atoms with E-state index < -0.39 is 21.8 Å². The summed E-state index contributed by atoms with van der Waals surface area (Å²) < 4.78 is 65.1. The normalized spacial score (nSPS) is 20.8. The number of sulfonamides is 1. The molecule has 1 aromatic carbocycles. The lowest BCUT2D eigenvalue weighted by atomic mass is 10.0. The fourth-order valence-corrected chi connectivity index (χ4v) is 5.88. The molecule has 0 saturated carbocycles. The molecule has 2 saturated heterocycles. The summed E-state index contributed by atoms with van der Waals surface area (Å²) in [4.78, 5) is 4.27. The number of alkyl halides is 3. The van der Waals surface area contributed by atoms with Gasteiger partial charge in [-0.1, -0.05) is 12.1 Å². The minimum Gasteiger partial charge on any atom is -0.352 e. The Bertz CT molecular complexity index is 1040. The van der Waals surface area contributed by atoms with E-state index in [1.54, 1.807) is 0 Å². The van der Waals surface area contributed by atoms with E-state index in [2.05, 4.69) is 22.0 Å². The van der Waals surface area contributed by atoms with Crippen LogP contribution < -0.4 is 9.80 Å². The smallest absolute Gasteiger partial charge is 0.352 e. The molecule has 2 aliphatic rings. The molecule has 0 bridgehead atoms. The molecule has 2 aromatic rings. The number of halogens is 3. The molecule has 1 atom stereocenters. The zero-order valence-electron chi connectivity index (χ0n) is 18.5. The third-order valence-corrected chi connectivity index (χ3v) is 8.17. The predicted octanol–water partition coefficient (Wildman–Crippen LogP) is 3.53. The summed E-state index contributed by atoms with van der Waals surface area (Å²) >= 11 is 0. The monoisotopic (exact) mass is 483 g/mol. The van der Waals surface area contributed by atoms with E-state index in [-0.39, 0.29) is 18.8 Å². The zero-order chi connectivity index (χ0) is 23.6. The van der Waals surface area contributed by atoms with E-state index in [9.17, 15) is 21.6 Å². The number of anilines is 2. The first-order valence-electron chi connectivity index (χ1n) is 11.1. The van der Waals surface area contributed by atoms with Crippen LogP contribution in [0.25, 0.3) is 0 Å². The Labute approximate surface area is 192 Å². The highest BCUT2D eigenvalue weighted by molar-refractivity contribution is 7.88. The van der Waals surface area contributed by atoms with Gasteiger partial charge >= 0.3 is 6.18 Å². The average Bonchev–Trinajstić information content (AvgIpc) is 2.79. The van der Waals surface area contributed by atoms with Gasteiger partial charge in [-0.3, -0.25) is 0 Å². The molecular formula is C22H28F3N5O2S. The maximum Gasteiger partial charge on any atom is 0.416 e. The highest BCUT2D eigenvalue weighted by atomic mass is 32.2. The lowest BCUT2D eigenvalue weighted by Gasteiger charge is -2.35. The Morgan fingerprint density at radius 1 is 0.909 bits per heavy atom. The minimum atomic E-state index is -4.44. The number of benzene rings is 1. The minimum absolute atomic E-state index is 0.287. The first-order valence-corrected chi connectivity index (χ1v) is 12.7. The van der Waals surface area contributed by atoms with Crippen LogP contribution in [0.15, 0.2) is 36.4 Å². The van der Waals surface area contributed by atoms with Crippen molar-refractivity contribution in [1.82, 2.24) is 14.5 Å². The van der Waals surface area contributed by atoms with E-state index in [1.165, 1.54) is 22.9 Å². The first-order chi connectivity index (χ1) is 15.6. The fourth-order valence-electron chi connectivity index (χ4n) is 4.37. The summed E-state index contributed by atoms with van der Waals surface area (Å²) in [6.45, 7) is 4.69. The molecule has 0 N–H and O–H groups in total. The quantitative estimate of drug-likeness (QED) is 0.648. The standard InChI is InChI=1S/C22H28F3N5O2S/c1-17-4-2-3-11-30(17)21-10-9-20(26-27-21)28-12-14-29(15-13-28)33(31,32)16-18-5-7-19(8-6-18)22(23,24)25/h5-10,17H,2-4,11-16H2,1H3. The lowest BCUT2D eigenvalue weighted by Crippen LogP contribution is -2.49. The Hall–Kier alpha value is -2.40. The van der Waals surface area contributed by atoms with Crippen molar-refractivity contribution in [3.8, 4) is 0 Å². The van der Waals surface area contributed by atoms with Crippen LogP contribution in [-0.2, 0) is 22.0 Å². The second-order valence-electron chi connectivity index (χ2n) is 8.62. The summed E-state index contributed by atoms with van der Waals surface area (Å²) in [5, 5.41) is 8.77. The Balaban J connectivity index is 1.34. The molecule has 2 fully saturated rings. The predicted molar refractivity (Wildman–Crippen MR) is 121 cm³/mol. The second-order valence-corrected chi connectivity index (χ2v) is 10.6. The molecule has 0 aliphatic carbocycles. The number of rotatable bonds is 5. The molecule has 4 rings (SSSR count). The van der Waals surface area contributed by atoms with E-state index in [4.69, 9.17) is 0 Å². The van der Waals surface area contributed by atoms with Crippen molar-refractivity contribution in [3.63, 3.8) is 0 Å². The SMILES string of the molecule is CC1CCCCN1c1ccc(N2CCN(S(=O)(=O)Cc3ccc(C(F)(F)F)cc3)CC2)nn1. The zero-order valence-corrected chi connectivity index (χ0v) is 19.3. The third kappa shape index (κ3) is 5.57. The van der Waals surface area contributed by atoms with Gasteiger partial charge in [0.2, 0.25) is 10.0 Å². The van der Waals surface area contributed by atoms with Crippen molar-refractivity contribution in [1.29, 1.82) is 0 Å². The molecule has 0 amide bonds. The van der Waals surface area contributed by atoms with Crippen molar-refractivity contribution < 1.29 is 21.6 Å². The van der Waals surface area contributed by atoms with Gasteiger partial charge in [0.15, 0.2) is 11.6 Å². The largest absolute Gasteiger partial charge is 0.416 e. The summed E-state index contributed by atoms with van der Waals surface area (Å²) in [6, 6.07) is 8.60. The lowest BCUT2D eigenvalue weighted by molar-refractivity contribution is -0.137. The van der Waals surface area contributed by atoms with Gasteiger partial charge in [-0.05, 0) is 56.0 Å². The molecule has 1 aromatic heterocycles. The van der Waals surface area contributed by atoms with E-state index >= 15 is 0 Å². The van der Waals surface area contributed by atoms with Crippen molar-refractivity contribution in [2.45, 2.75) is 44.2 Å². The topological polar surface area (TPSA) is 69.6 Å². The number of aromatic nitrogens is 2. The van der Waals surface area contributed by atoms with Gasteiger partial charge < -0.3 is 9.80 Å². The molecule has 3 heterocycles. The van der Waals surface area contributed by atoms with Crippen LogP contribution in [0.4, 0.5) is 24.8 Å². The fraction of sp³-hybridized carbons (Fsp3) is 0.545. The van der Waals surface area contributed by atoms with E-state index in [0.717, 1.165) is 37.3 Å². The maximum atomic E-state index is 12.8. The molecule has 180 valence electrons. The molecular weight excluding hydrogens is 455 g/mol. The molecule has 1 unspecified atom stereocenters. The van der Waals surface area contributed by atoms with Crippen LogP contribution in [0.2, 0.25) is 0 Å². The number of nitrogens with zero attached hydrogens (tertiary/aromatic N) is 5. The van der Waals surface area contributed by atoms with Crippen molar-refractivity contribution >= 4 is 21.7 Å². The van der Waals surface area contributed by atoms with Crippen molar-refractivity contribution in [3.05, 3.63) is 47.5 Å². The number of hydrogen-bond donors (Lipinski definition) is 0. The molecule has 0 spiro atoms. The maximum absolute atomic E-state index is 12.8. The van der Waals surface area contributed by atoms with Gasteiger partial charge in [-0.15, -0.1) is 10.2 Å². The third-order valence-electron chi connectivity index (χ3n) is 6.32. The molecule has 11 heteroatoms. The van der Waals surface area contributed by atoms with E-state index in [0.29, 0.717) is 30.5 Å². The summed E-state index contributed by atoms with van der Waals surface area (Å²) in [6.07, 6.45) is -0.918. The van der Waals surface area contributed by atoms with Crippen LogP contribution in [-0.4, -0.2) is 61.7 Å². The van der Waals surface area contributed by atoms with Crippen LogP contribution in [0, 0.1) is 0 Å². The van der Waals surface area contributed by atoms with Crippen molar-refractivity contribution in [2.24, 2.45) is 0 Å². The highest BCUT2D eigenvalue weighted by Crippen LogP contribution is 2.29. The first kappa shape index (κ1) is 23.7. The van der Waals surface area contributed by atoms with Gasteiger partial charge in [0.25, 0.3) is 0 Å². The molecule has 33 heavy (non-hydrogen) atoms. The van der Waals surface area contributed by atoms with Gasteiger partial charge in [0, 0.05) is 38.8 Å². The average molecular weight is 484 g/mol. The number of hydrogen-bond acceptors (Lipinski definition) is 6. The van der Waals surface area contributed by atoms with Crippen molar-refractivity contribution in [2.75, 3.05) is 42.5 Å². The van der Waals surface area contributed by atoms with Crippen LogP contribution >= 0.6 is 0 Å². The van der Waals surface area contributed by atoms with Crippen LogP contribution in [0.3, 0.4) is 0 Å². The van der Waals surface area contributed by atoms with Gasteiger partial charge in [0.1, 0.15) is 0 Å². The summed E-state index contributed by atoms with van der Waals surface area (Å²) in [5.74, 6) is 1.25. The Kier molecular flexibility index (Phi) is 6.81. The summed E-state index contributed by atoms with van der Waals surface area (Å²) in [5.41, 5.74) is -0.460. The molecule has 0 radical (unpaired) electrons. The van der Waals surface area contributed by atoms with Crippen LogP contribution in [0.5, 0.6) is 0 Å². The molecule has 2 aliphatic heterocycles. The van der Waals surface area contributed by atoms with Crippen LogP contribution in [0.1, 0.15) is 37.3 Å². The summed E-state index contributed by atoms with van der Waals surface area (Å²) in [7, 11) is -3.64. The second kappa shape index (κ2) is 9.46. The molecule has 7 nitrogen and oxygen atoms in total.